The van der Waals surface area contributed by atoms with Crippen molar-refractivity contribution in [1.29, 1.82) is 0 Å². The minimum Gasteiger partial charge on any atom is -0.487 e. The van der Waals surface area contributed by atoms with E-state index in [1.165, 1.54) is 0 Å². The van der Waals surface area contributed by atoms with E-state index >= 15 is 0 Å². The highest BCUT2D eigenvalue weighted by atomic mass is 32.2. The first-order valence-electron chi connectivity index (χ1n) is 8.40. The number of amides is 1. The fourth-order valence-corrected chi connectivity index (χ4v) is 4.02. The molecule has 1 amide bonds. The molecule has 1 unspecified atom stereocenters. The van der Waals surface area contributed by atoms with Gasteiger partial charge < -0.3 is 10.1 Å². The predicted octanol–water partition coefficient (Wildman–Crippen LogP) is 1.01. The second-order valence-corrected chi connectivity index (χ2v) is 8.08. The Morgan fingerprint density at radius 1 is 1.23 bits per heavy atom. The summed E-state index contributed by atoms with van der Waals surface area (Å²) in [6, 6.07) is 12.6. The van der Waals surface area contributed by atoms with Gasteiger partial charge in [-0.05, 0) is 42.8 Å². The van der Waals surface area contributed by atoms with Gasteiger partial charge >= 0.3 is 0 Å². The lowest BCUT2D eigenvalue weighted by molar-refractivity contribution is -0.118. The Morgan fingerprint density at radius 2 is 2.04 bits per heavy atom. The molecule has 0 radical (unpaired) electrons. The summed E-state index contributed by atoms with van der Waals surface area (Å²) in [5.41, 5.74) is 1.54. The third kappa shape index (κ3) is 5.03. The lowest BCUT2D eigenvalue weighted by Crippen LogP contribution is -2.40. The molecule has 138 valence electrons. The lowest BCUT2D eigenvalue weighted by atomic mass is 10.1. The number of ether oxygens (including phenoxy) is 1. The van der Waals surface area contributed by atoms with Gasteiger partial charge in [-0.15, -0.1) is 0 Å². The summed E-state index contributed by atoms with van der Waals surface area (Å²) in [6.45, 7) is 1.39. The zero-order chi connectivity index (χ0) is 18.4. The van der Waals surface area contributed by atoms with Crippen molar-refractivity contribution in [2.24, 2.45) is 0 Å². The number of carbonyl (C=O) groups excluding carboxylic acids is 1. The third-order valence-electron chi connectivity index (χ3n) is 4.11. The molecule has 1 atom stereocenters. The lowest BCUT2D eigenvalue weighted by Gasteiger charge is -2.12. The van der Waals surface area contributed by atoms with Crippen LogP contribution < -0.4 is 14.8 Å². The molecule has 1 fully saturated rings. The summed E-state index contributed by atoms with van der Waals surface area (Å²) in [6.07, 6.45) is 2.22. The average molecular weight is 375 g/mol. The number of hydrogen-bond acceptors (Lipinski definition) is 6. The summed E-state index contributed by atoms with van der Waals surface area (Å²) in [5, 5.41) is 2.44. The van der Waals surface area contributed by atoms with Crippen LogP contribution >= 0.6 is 0 Å². The molecule has 2 N–H and O–H groups in total. The van der Waals surface area contributed by atoms with Crippen LogP contribution in [0.2, 0.25) is 0 Å². The normalized spacial score (nSPS) is 17.0. The van der Waals surface area contributed by atoms with Gasteiger partial charge in [-0.3, -0.25) is 14.5 Å². The van der Waals surface area contributed by atoms with Gasteiger partial charge in [0.05, 0.1) is 17.4 Å². The van der Waals surface area contributed by atoms with Crippen molar-refractivity contribution in [3.8, 4) is 5.75 Å². The molecule has 3 rings (SSSR count). The monoisotopic (exact) mass is 375 g/mol. The van der Waals surface area contributed by atoms with Crippen LogP contribution in [0, 0.1) is 0 Å². The van der Waals surface area contributed by atoms with Gasteiger partial charge in [0, 0.05) is 12.7 Å². The van der Waals surface area contributed by atoms with Crippen LogP contribution in [0.3, 0.4) is 0 Å². The first-order valence-corrected chi connectivity index (χ1v) is 9.94. The second-order valence-electron chi connectivity index (χ2n) is 6.12. The van der Waals surface area contributed by atoms with E-state index in [2.05, 4.69) is 15.0 Å². The maximum atomic E-state index is 12.1. The van der Waals surface area contributed by atoms with Crippen molar-refractivity contribution in [2.45, 2.75) is 24.7 Å². The number of sulfonamides is 1. The van der Waals surface area contributed by atoms with Gasteiger partial charge in [0.1, 0.15) is 12.4 Å². The smallest absolute Gasteiger partial charge is 0.239 e. The molecule has 1 aromatic carbocycles. The number of benzene rings is 1. The molecule has 1 aliphatic heterocycles. The van der Waals surface area contributed by atoms with Crippen molar-refractivity contribution in [3.63, 3.8) is 0 Å². The van der Waals surface area contributed by atoms with Gasteiger partial charge in [0.2, 0.25) is 15.9 Å². The molecule has 1 saturated heterocycles. The first kappa shape index (κ1) is 18.3. The number of nitrogens with zero attached hydrogens (tertiary/aromatic N) is 1. The van der Waals surface area contributed by atoms with E-state index in [1.807, 2.05) is 18.2 Å². The molecule has 0 aliphatic carbocycles. The molecule has 2 aromatic rings. The highest BCUT2D eigenvalue weighted by Crippen LogP contribution is 2.15. The molecular formula is C18H21N3O4S. The van der Waals surface area contributed by atoms with Crippen LogP contribution in [0.25, 0.3) is 0 Å². The zero-order valence-electron chi connectivity index (χ0n) is 14.2. The van der Waals surface area contributed by atoms with Crippen LogP contribution in [0.4, 0.5) is 0 Å². The number of hydrogen-bond donors (Lipinski definition) is 2. The molecule has 8 heteroatoms. The van der Waals surface area contributed by atoms with Crippen molar-refractivity contribution < 1.29 is 17.9 Å². The number of rotatable bonds is 7. The van der Waals surface area contributed by atoms with E-state index in [0.29, 0.717) is 37.4 Å². The molecule has 0 spiro atoms. The first-order chi connectivity index (χ1) is 12.5. The van der Waals surface area contributed by atoms with Crippen LogP contribution in [-0.4, -0.2) is 37.6 Å². The zero-order valence-corrected chi connectivity index (χ0v) is 15.0. The Morgan fingerprint density at radius 3 is 2.69 bits per heavy atom. The molecular weight excluding hydrogens is 354 g/mol. The third-order valence-corrected chi connectivity index (χ3v) is 5.90. The summed E-state index contributed by atoms with van der Waals surface area (Å²) in [4.78, 5) is 16.2. The molecule has 0 saturated carbocycles. The average Bonchev–Trinajstić information content (AvgIpc) is 3.17. The predicted molar refractivity (Wildman–Crippen MR) is 97.1 cm³/mol. The van der Waals surface area contributed by atoms with Crippen LogP contribution in [0.1, 0.15) is 17.7 Å². The highest BCUT2D eigenvalue weighted by molar-refractivity contribution is 7.90. The topological polar surface area (TPSA) is 97.4 Å². The summed E-state index contributed by atoms with van der Waals surface area (Å²) in [7, 11) is -3.62. The van der Waals surface area contributed by atoms with Crippen LogP contribution in [0.15, 0.2) is 48.7 Å². The molecule has 26 heavy (non-hydrogen) atoms. The molecule has 1 aromatic heterocycles. The van der Waals surface area contributed by atoms with Gasteiger partial charge in [0.25, 0.3) is 0 Å². The summed E-state index contributed by atoms with van der Waals surface area (Å²) < 4.78 is 32.0. The van der Waals surface area contributed by atoms with E-state index < -0.39 is 21.2 Å². The van der Waals surface area contributed by atoms with Crippen molar-refractivity contribution in [3.05, 3.63) is 59.9 Å². The minimum absolute atomic E-state index is 0.0000998. The SMILES string of the molecule is O=C(Cc1ccc(OCc2ccccn2)cc1)NS(=O)(=O)C1CCNC1. The highest BCUT2D eigenvalue weighted by Gasteiger charge is 2.29. The number of nitrogens with one attached hydrogen (secondary N) is 2. The largest absolute Gasteiger partial charge is 0.487 e. The summed E-state index contributed by atoms with van der Waals surface area (Å²) in [5.74, 6) is 0.128. The quantitative estimate of drug-likeness (QED) is 0.750. The van der Waals surface area contributed by atoms with E-state index in [9.17, 15) is 13.2 Å². The number of aromatic nitrogens is 1. The maximum Gasteiger partial charge on any atom is 0.239 e. The van der Waals surface area contributed by atoms with Gasteiger partial charge in [-0.2, -0.15) is 0 Å². The van der Waals surface area contributed by atoms with E-state index in [-0.39, 0.29) is 6.42 Å². The Kier molecular flexibility index (Phi) is 5.85. The van der Waals surface area contributed by atoms with Crippen LogP contribution in [-0.2, 0) is 27.8 Å². The van der Waals surface area contributed by atoms with Crippen molar-refractivity contribution in [1.82, 2.24) is 15.0 Å². The Balaban J connectivity index is 1.51. The van der Waals surface area contributed by atoms with E-state index in [4.69, 9.17) is 4.74 Å². The van der Waals surface area contributed by atoms with Gasteiger partial charge in [-0.25, -0.2) is 8.42 Å². The fraction of sp³-hybridized carbons (Fsp3) is 0.333. The molecule has 1 aliphatic rings. The Hall–Kier alpha value is -2.45. The van der Waals surface area contributed by atoms with Crippen molar-refractivity contribution in [2.75, 3.05) is 13.1 Å². The van der Waals surface area contributed by atoms with Gasteiger partial charge in [-0.1, -0.05) is 18.2 Å². The molecule has 7 nitrogen and oxygen atoms in total. The second kappa shape index (κ2) is 8.29. The number of pyridine rings is 1. The number of carbonyl (C=O) groups is 1. The molecule has 2 heterocycles. The Bertz CT molecular complexity index is 832. The van der Waals surface area contributed by atoms with Gasteiger partial charge in [0.15, 0.2) is 0 Å². The Labute approximate surface area is 152 Å². The van der Waals surface area contributed by atoms with E-state index in [1.54, 1.807) is 30.5 Å². The maximum absolute atomic E-state index is 12.1. The van der Waals surface area contributed by atoms with Crippen LogP contribution in [0.5, 0.6) is 5.75 Å². The molecule has 0 bridgehead atoms. The minimum atomic E-state index is -3.62. The standard InChI is InChI=1S/C18H21N3O4S/c22-18(21-26(23,24)17-8-10-19-12-17)11-14-4-6-16(7-5-14)25-13-15-3-1-2-9-20-15/h1-7,9,17,19H,8,10-13H2,(H,21,22). The summed E-state index contributed by atoms with van der Waals surface area (Å²) >= 11 is 0. The van der Waals surface area contributed by atoms with E-state index in [0.717, 1.165) is 5.69 Å². The van der Waals surface area contributed by atoms with Crippen molar-refractivity contribution >= 4 is 15.9 Å². The fourth-order valence-electron chi connectivity index (χ4n) is 2.70.